The van der Waals surface area contributed by atoms with Crippen molar-refractivity contribution in [3.63, 3.8) is 0 Å². The number of benzene rings is 8. The molecule has 0 saturated heterocycles. The minimum absolute atomic E-state index is 0.0459. The fraction of sp³-hybridized carbons (Fsp3) is 0.500. The molecule has 0 spiro atoms. The number of ether oxygens (including phenoxy) is 11. The number of aromatic hydroxyl groups is 4. The number of esters is 4. The average Bonchev–Trinajstić information content (AvgIpc) is 0.727. The molecule has 642 valence electrons. The Morgan fingerprint density at radius 2 is 0.463 bits per heavy atom. The van der Waals surface area contributed by atoms with Crippen LogP contribution in [0.2, 0.25) is 0 Å². The monoisotopic (exact) mass is 1660 g/mol. The standard InChI is InChI=1S/C104H112O19/c1-113-90-46-87(106)78-42-81(90)94(61-5-13-65(14-6-61)101(109)117-49-85-69-25-53-21-54(27-69)28-70(85)26-53)77-41-82(91(114-2)45-86(77)105)96(63-9-17-67(18-10-63)103(111)122-51-119-99-73-33-57-23-58(35-73)36-74(99)34-57)79-43-84(93(116-4)47-88(79)107)97(64-11-19-68(20-12-64)104(112)123-52-120-100-75-37-59-24-60(39-75)40-76(100)38-59)80-44-83(92(115-3)48-89(80)108)95(78)62-7-15-66(16-8-62)102(110)121-50-118-98-71-29-55-22-56(31-71)32-72(98)30-55/h5-20,41-48,53-60,69-76,85,94-100,105-108H,21-40,49-52H2,1-4H3. The summed E-state index contributed by atoms with van der Waals surface area (Å²) >= 11 is 0. The van der Waals surface area contributed by atoms with Gasteiger partial charge in [0.05, 0.1) is 75.6 Å². The van der Waals surface area contributed by atoms with Crippen molar-refractivity contribution in [2.75, 3.05) is 55.4 Å². The molecule has 17 aliphatic carbocycles. The van der Waals surface area contributed by atoms with Crippen molar-refractivity contribution in [2.24, 2.45) is 101 Å². The maximum Gasteiger partial charge on any atom is 0.340 e. The Hall–Kier alpha value is -10.1. The SMILES string of the molecule is COc1cc(O)c2cc1C(c1ccc(C(=O)OCOC3C4CC5CC(C4)CC3C5)cc1)c1cc(c(OC)cc1O)C(c1ccc(C(=O)OCOC3C4CC5CC(C4)CC3C5)cc1)c1cc(c(OC)cc1O)C(c1ccc(C(=O)OCOC3C4CC5CC(C4)CC3C5)cc1)c1cc(c(OC)cc1O)C2c1ccc(C(=O)OCC2C3CC4CC(C3)CC2C4)cc1. The molecule has 4 N–H and O–H groups in total. The van der Waals surface area contributed by atoms with Crippen LogP contribution in [0.15, 0.2) is 146 Å². The van der Waals surface area contributed by atoms with Gasteiger partial charge in [-0.1, -0.05) is 48.5 Å². The van der Waals surface area contributed by atoms with Gasteiger partial charge in [0.1, 0.15) is 46.0 Å². The number of methoxy groups -OCH3 is 4. The summed E-state index contributed by atoms with van der Waals surface area (Å²) in [6, 6.07) is 41.6. The molecule has 0 aromatic heterocycles. The Morgan fingerprint density at radius 1 is 0.260 bits per heavy atom. The Morgan fingerprint density at radius 3 is 0.675 bits per heavy atom. The second-order valence-corrected chi connectivity index (χ2v) is 39.4. The lowest BCUT2D eigenvalue weighted by molar-refractivity contribution is -0.162. The number of hydrogen-bond donors (Lipinski definition) is 4. The lowest BCUT2D eigenvalue weighted by Gasteiger charge is -2.54. The predicted molar refractivity (Wildman–Crippen MR) is 456 cm³/mol. The Balaban J connectivity index is 0.703. The van der Waals surface area contributed by atoms with Crippen molar-refractivity contribution in [1.29, 1.82) is 0 Å². The van der Waals surface area contributed by atoms with Crippen LogP contribution in [-0.2, 0) is 33.2 Å². The molecule has 17 aliphatic rings. The van der Waals surface area contributed by atoms with Gasteiger partial charge in [-0.2, -0.15) is 0 Å². The van der Waals surface area contributed by atoms with E-state index < -0.39 is 47.5 Å². The molecule has 0 radical (unpaired) electrons. The topological polar surface area (TPSA) is 251 Å². The van der Waals surface area contributed by atoms with Crippen molar-refractivity contribution >= 4 is 23.9 Å². The number of carbonyl (C=O) groups is 4. The van der Waals surface area contributed by atoms with Crippen LogP contribution in [0.4, 0.5) is 0 Å². The normalized spacial score (nSPS) is 32.1. The molecule has 4 atom stereocenters. The summed E-state index contributed by atoms with van der Waals surface area (Å²) in [6.45, 7) is -0.207. The third-order valence-corrected chi connectivity index (χ3v) is 32.5. The van der Waals surface area contributed by atoms with Crippen LogP contribution in [0, 0.1) is 101 Å². The van der Waals surface area contributed by atoms with Gasteiger partial charge in [0.2, 0.25) is 0 Å². The van der Waals surface area contributed by atoms with E-state index >= 15 is 0 Å². The molecule has 19 heteroatoms. The predicted octanol–water partition coefficient (Wildman–Crippen LogP) is 19.7. The second kappa shape index (κ2) is 32.8. The molecule has 19 nitrogen and oxygen atoms in total. The molecule has 123 heavy (non-hydrogen) atoms. The third kappa shape index (κ3) is 14.9. The van der Waals surface area contributed by atoms with Crippen LogP contribution < -0.4 is 18.9 Å². The molecule has 0 aliphatic heterocycles. The first-order valence-corrected chi connectivity index (χ1v) is 45.5. The van der Waals surface area contributed by atoms with Gasteiger partial charge in [0.15, 0.2) is 20.4 Å². The number of carbonyl (C=O) groups excluding carboxylic acids is 4. The van der Waals surface area contributed by atoms with Gasteiger partial charge in [-0.15, -0.1) is 0 Å². The number of hydrogen-bond acceptors (Lipinski definition) is 19. The van der Waals surface area contributed by atoms with E-state index in [4.69, 9.17) is 52.1 Å². The minimum Gasteiger partial charge on any atom is -0.507 e. The van der Waals surface area contributed by atoms with E-state index in [-0.39, 0.29) is 101 Å². The fourth-order valence-corrected chi connectivity index (χ4v) is 28.1. The van der Waals surface area contributed by atoms with E-state index in [0.29, 0.717) is 132 Å². The molecular weight excluding hydrogens is 1550 g/mol. The largest absolute Gasteiger partial charge is 0.507 e. The smallest absolute Gasteiger partial charge is 0.340 e. The summed E-state index contributed by atoms with van der Waals surface area (Å²) in [5.74, 6) is 3.87. The molecule has 0 amide bonds. The zero-order valence-electron chi connectivity index (χ0n) is 70.6. The number of rotatable bonds is 23. The van der Waals surface area contributed by atoms with E-state index in [1.165, 1.54) is 104 Å². The zero-order valence-corrected chi connectivity index (χ0v) is 70.6. The van der Waals surface area contributed by atoms with E-state index in [9.17, 15) is 39.6 Å². The van der Waals surface area contributed by atoms with Crippen molar-refractivity contribution in [1.82, 2.24) is 0 Å². The highest BCUT2D eigenvalue weighted by Gasteiger charge is 2.53. The van der Waals surface area contributed by atoms with Crippen LogP contribution >= 0.6 is 0 Å². The molecule has 0 heterocycles. The van der Waals surface area contributed by atoms with Crippen LogP contribution in [0.5, 0.6) is 46.0 Å². The summed E-state index contributed by atoms with van der Waals surface area (Å²) in [7, 11) is 6.00. The summed E-state index contributed by atoms with van der Waals surface area (Å²) in [4.78, 5) is 57.5. The number of phenolic OH excluding ortho intramolecular Hbond substituents is 4. The second-order valence-electron chi connectivity index (χ2n) is 39.4. The first kappa shape index (κ1) is 80.1. The lowest BCUT2D eigenvalue weighted by atomic mass is 9.52. The van der Waals surface area contributed by atoms with E-state index in [1.807, 2.05) is 36.4 Å². The molecule has 16 saturated carbocycles. The van der Waals surface area contributed by atoms with Crippen LogP contribution in [0.25, 0.3) is 0 Å². The van der Waals surface area contributed by atoms with E-state index in [0.717, 1.165) is 124 Å². The highest BCUT2D eigenvalue weighted by Crippen LogP contribution is 2.61. The van der Waals surface area contributed by atoms with Crippen molar-refractivity contribution < 1.29 is 91.7 Å². The highest BCUT2D eigenvalue weighted by molar-refractivity contribution is 5.91. The molecule has 25 rings (SSSR count). The van der Waals surface area contributed by atoms with E-state index in [1.54, 1.807) is 84.9 Å². The summed E-state index contributed by atoms with van der Waals surface area (Å²) in [6.07, 6.45) is 23.9. The fourth-order valence-electron chi connectivity index (χ4n) is 28.1. The summed E-state index contributed by atoms with van der Waals surface area (Å²) < 4.78 is 69.3. The lowest BCUT2D eigenvalue weighted by Crippen LogP contribution is -2.49. The van der Waals surface area contributed by atoms with Gasteiger partial charge in [-0.3, -0.25) is 0 Å². The maximum absolute atomic E-state index is 14.5. The molecular formula is C104H112O19. The molecule has 8 aromatic rings. The quantitative estimate of drug-likeness (QED) is 0.0264. The van der Waals surface area contributed by atoms with Gasteiger partial charge in [0, 0.05) is 92.4 Å². The Labute approximate surface area is 718 Å². The van der Waals surface area contributed by atoms with Crippen LogP contribution in [0.3, 0.4) is 0 Å². The van der Waals surface area contributed by atoms with Gasteiger partial charge < -0.3 is 72.5 Å². The molecule has 4 unspecified atom stereocenters. The summed E-state index contributed by atoms with van der Waals surface area (Å²) in [5, 5.41) is 52.8. The number of fused-ring (bicyclic) bond motifs is 8. The van der Waals surface area contributed by atoms with Crippen molar-refractivity contribution in [3.05, 3.63) is 235 Å². The van der Waals surface area contributed by atoms with Gasteiger partial charge in [0.25, 0.3) is 0 Å². The first-order chi connectivity index (χ1) is 59.9. The molecule has 16 fully saturated rings. The Kier molecular flexibility index (Phi) is 21.3. The molecule has 8 aromatic carbocycles. The van der Waals surface area contributed by atoms with Gasteiger partial charge in [-0.25, -0.2) is 19.2 Å². The third-order valence-electron chi connectivity index (χ3n) is 32.5. The van der Waals surface area contributed by atoms with Crippen molar-refractivity contribution in [2.45, 2.75) is 170 Å². The van der Waals surface area contributed by atoms with Gasteiger partial charge >= 0.3 is 23.9 Å². The molecule has 24 bridgehead atoms. The first-order valence-electron chi connectivity index (χ1n) is 45.5. The van der Waals surface area contributed by atoms with Crippen LogP contribution in [0.1, 0.15) is 260 Å². The zero-order chi connectivity index (χ0) is 83.7. The van der Waals surface area contributed by atoms with Crippen molar-refractivity contribution in [3.8, 4) is 46.0 Å². The number of phenols is 4. The highest BCUT2D eigenvalue weighted by atomic mass is 16.7. The average molecular weight is 1670 g/mol. The van der Waals surface area contributed by atoms with E-state index in [2.05, 4.69) is 0 Å². The summed E-state index contributed by atoms with van der Waals surface area (Å²) in [5.41, 5.74) is 6.34. The minimum atomic E-state index is -1.04. The maximum atomic E-state index is 14.5. The Bertz CT molecular complexity index is 5080. The van der Waals surface area contributed by atoms with Crippen LogP contribution in [-0.4, -0.2) is 118 Å². The van der Waals surface area contributed by atoms with Gasteiger partial charge in [-0.05, 0) is 324 Å².